The molecule has 0 bridgehead atoms. The zero-order valence-corrected chi connectivity index (χ0v) is 11.9. The zero-order chi connectivity index (χ0) is 14.8. The Hall–Kier alpha value is -2.37. The van der Waals surface area contributed by atoms with Gasteiger partial charge in [0.2, 0.25) is 5.89 Å². The topological polar surface area (TPSA) is 79.5 Å². The third-order valence-corrected chi connectivity index (χ3v) is 3.63. The van der Waals surface area contributed by atoms with Gasteiger partial charge in [-0.05, 0) is 30.5 Å². The van der Waals surface area contributed by atoms with Crippen molar-refractivity contribution in [1.29, 1.82) is 0 Å². The van der Waals surface area contributed by atoms with Crippen LogP contribution in [0.5, 0.6) is 0 Å². The van der Waals surface area contributed by atoms with Crippen LogP contribution in [0.4, 0.5) is 5.69 Å². The molecule has 21 heavy (non-hydrogen) atoms. The second kappa shape index (κ2) is 5.55. The van der Waals surface area contributed by atoms with Gasteiger partial charge in [-0.15, -0.1) is 0 Å². The number of carboxylic acid groups (broad SMARTS) is 1. The fraction of sp³-hybridized carbons (Fsp3) is 0.400. The van der Waals surface area contributed by atoms with Crippen LogP contribution in [-0.2, 0) is 19.4 Å². The molecule has 3 rings (SSSR count). The van der Waals surface area contributed by atoms with E-state index >= 15 is 0 Å². The van der Waals surface area contributed by atoms with Gasteiger partial charge in [0.15, 0.2) is 5.82 Å². The highest BCUT2D eigenvalue weighted by Gasteiger charge is 2.22. The van der Waals surface area contributed by atoms with Crippen molar-refractivity contribution in [1.82, 2.24) is 10.1 Å². The summed E-state index contributed by atoms with van der Waals surface area (Å²) in [5.41, 5.74) is 2.43. The highest BCUT2D eigenvalue weighted by Crippen LogP contribution is 2.30. The first-order valence-electron chi connectivity index (χ1n) is 7.10. The molecule has 0 saturated carbocycles. The lowest BCUT2D eigenvalue weighted by Gasteiger charge is -2.17. The number of anilines is 1. The van der Waals surface area contributed by atoms with Crippen LogP contribution in [0, 0.1) is 0 Å². The van der Waals surface area contributed by atoms with E-state index in [2.05, 4.69) is 22.0 Å². The Morgan fingerprint density at radius 2 is 2.33 bits per heavy atom. The summed E-state index contributed by atoms with van der Waals surface area (Å²) in [6.07, 6.45) is 2.66. The van der Waals surface area contributed by atoms with Crippen molar-refractivity contribution in [2.75, 3.05) is 11.4 Å². The number of fused-ring (bicyclic) bond motifs is 1. The molecule has 0 radical (unpaired) electrons. The van der Waals surface area contributed by atoms with E-state index in [1.54, 1.807) is 12.1 Å². The SMILES string of the molecule is CCCc1nc(CN2CCc3ccc(C(=O)O)cc32)no1. The first-order chi connectivity index (χ1) is 10.2. The van der Waals surface area contributed by atoms with Crippen LogP contribution in [0.15, 0.2) is 22.7 Å². The molecule has 1 aromatic heterocycles. The summed E-state index contributed by atoms with van der Waals surface area (Å²) in [6.45, 7) is 3.45. The van der Waals surface area contributed by atoms with Crippen LogP contribution in [0.2, 0.25) is 0 Å². The molecule has 1 aliphatic rings. The minimum absolute atomic E-state index is 0.306. The molecule has 0 atom stereocenters. The number of benzene rings is 1. The Bertz CT molecular complexity index is 666. The molecular weight excluding hydrogens is 270 g/mol. The number of rotatable bonds is 5. The first-order valence-corrected chi connectivity index (χ1v) is 7.10. The van der Waals surface area contributed by atoms with Crippen LogP contribution >= 0.6 is 0 Å². The van der Waals surface area contributed by atoms with E-state index in [4.69, 9.17) is 9.63 Å². The van der Waals surface area contributed by atoms with E-state index in [0.717, 1.165) is 37.1 Å². The van der Waals surface area contributed by atoms with Gasteiger partial charge in [-0.25, -0.2) is 4.79 Å². The molecular formula is C15H17N3O3. The van der Waals surface area contributed by atoms with Crippen molar-refractivity contribution in [2.45, 2.75) is 32.7 Å². The van der Waals surface area contributed by atoms with Crippen molar-refractivity contribution in [3.05, 3.63) is 41.0 Å². The second-order valence-electron chi connectivity index (χ2n) is 5.17. The summed E-state index contributed by atoms with van der Waals surface area (Å²) < 4.78 is 5.18. The van der Waals surface area contributed by atoms with Gasteiger partial charge >= 0.3 is 5.97 Å². The molecule has 0 aliphatic carbocycles. The average Bonchev–Trinajstić information content (AvgIpc) is 3.07. The van der Waals surface area contributed by atoms with Gasteiger partial charge in [0.25, 0.3) is 0 Å². The van der Waals surface area contributed by atoms with Crippen LogP contribution in [0.3, 0.4) is 0 Å². The molecule has 0 amide bonds. The molecule has 0 saturated heterocycles. The third kappa shape index (κ3) is 2.74. The van der Waals surface area contributed by atoms with Crippen molar-refractivity contribution in [3.63, 3.8) is 0 Å². The van der Waals surface area contributed by atoms with Crippen molar-refractivity contribution in [2.24, 2.45) is 0 Å². The number of aryl methyl sites for hydroxylation is 1. The predicted octanol–water partition coefficient (Wildman–Crippen LogP) is 2.28. The Balaban J connectivity index is 1.79. The molecule has 110 valence electrons. The fourth-order valence-corrected chi connectivity index (χ4v) is 2.58. The minimum atomic E-state index is -0.908. The maximum absolute atomic E-state index is 11.1. The summed E-state index contributed by atoms with van der Waals surface area (Å²) in [4.78, 5) is 17.5. The lowest BCUT2D eigenvalue weighted by Crippen LogP contribution is -2.20. The van der Waals surface area contributed by atoms with Crippen molar-refractivity contribution in [3.8, 4) is 0 Å². The summed E-state index contributed by atoms with van der Waals surface area (Å²) in [6, 6.07) is 5.26. The number of hydrogen-bond donors (Lipinski definition) is 1. The Morgan fingerprint density at radius 3 is 3.10 bits per heavy atom. The Labute approximate surface area is 122 Å². The van der Waals surface area contributed by atoms with E-state index < -0.39 is 5.97 Å². The molecule has 0 spiro atoms. The molecule has 6 heteroatoms. The van der Waals surface area contributed by atoms with Crippen LogP contribution in [0.25, 0.3) is 0 Å². The van der Waals surface area contributed by atoms with E-state index in [0.29, 0.717) is 23.8 Å². The van der Waals surface area contributed by atoms with Gasteiger partial charge in [0.1, 0.15) is 0 Å². The lowest BCUT2D eigenvalue weighted by atomic mass is 10.1. The summed E-state index contributed by atoms with van der Waals surface area (Å²) in [5.74, 6) is 0.396. The van der Waals surface area contributed by atoms with E-state index in [9.17, 15) is 4.79 Å². The van der Waals surface area contributed by atoms with Gasteiger partial charge in [-0.1, -0.05) is 18.1 Å². The highest BCUT2D eigenvalue weighted by atomic mass is 16.5. The first kappa shape index (κ1) is 13.6. The molecule has 1 N–H and O–H groups in total. The van der Waals surface area contributed by atoms with Gasteiger partial charge in [-0.3, -0.25) is 0 Å². The second-order valence-corrected chi connectivity index (χ2v) is 5.17. The largest absolute Gasteiger partial charge is 0.478 e. The highest BCUT2D eigenvalue weighted by molar-refractivity contribution is 5.89. The van der Waals surface area contributed by atoms with E-state index in [1.807, 2.05) is 6.07 Å². The van der Waals surface area contributed by atoms with Crippen LogP contribution < -0.4 is 4.90 Å². The molecule has 0 unspecified atom stereocenters. The molecule has 0 fully saturated rings. The molecule has 2 heterocycles. The van der Waals surface area contributed by atoms with E-state index in [1.165, 1.54) is 0 Å². The fourth-order valence-electron chi connectivity index (χ4n) is 2.58. The predicted molar refractivity (Wildman–Crippen MR) is 76.4 cm³/mol. The standard InChI is InChI=1S/C15H17N3O3/c1-2-3-14-16-13(17-21-14)9-18-7-6-10-4-5-11(15(19)20)8-12(10)18/h4-5,8H,2-3,6-7,9H2,1H3,(H,19,20). The number of nitrogens with zero attached hydrogens (tertiary/aromatic N) is 3. The van der Waals surface area contributed by atoms with E-state index in [-0.39, 0.29) is 0 Å². The number of carbonyl (C=O) groups is 1. The number of carboxylic acids is 1. The summed E-state index contributed by atoms with van der Waals surface area (Å²) in [7, 11) is 0. The zero-order valence-electron chi connectivity index (χ0n) is 11.9. The number of aromatic nitrogens is 2. The normalized spacial score (nSPS) is 13.5. The van der Waals surface area contributed by atoms with Crippen LogP contribution in [-0.4, -0.2) is 27.8 Å². The third-order valence-electron chi connectivity index (χ3n) is 3.63. The van der Waals surface area contributed by atoms with Gasteiger partial charge in [-0.2, -0.15) is 4.98 Å². The van der Waals surface area contributed by atoms with Crippen LogP contribution in [0.1, 0.15) is 41.0 Å². The maximum Gasteiger partial charge on any atom is 0.335 e. The lowest BCUT2D eigenvalue weighted by molar-refractivity contribution is 0.0697. The molecule has 1 aromatic carbocycles. The Morgan fingerprint density at radius 1 is 1.48 bits per heavy atom. The maximum atomic E-state index is 11.1. The summed E-state index contributed by atoms with van der Waals surface area (Å²) in [5, 5.41) is 13.1. The van der Waals surface area contributed by atoms with Gasteiger partial charge in [0.05, 0.1) is 12.1 Å². The van der Waals surface area contributed by atoms with Gasteiger partial charge in [0, 0.05) is 18.7 Å². The average molecular weight is 287 g/mol. The van der Waals surface area contributed by atoms with Crippen molar-refractivity contribution >= 4 is 11.7 Å². The van der Waals surface area contributed by atoms with Crippen molar-refractivity contribution < 1.29 is 14.4 Å². The number of hydrogen-bond acceptors (Lipinski definition) is 5. The molecule has 6 nitrogen and oxygen atoms in total. The van der Waals surface area contributed by atoms with Gasteiger partial charge < -0.3 is 14.5 Å². The smallest absolute Gasteiger partial charge is 0.335 e. The minimum Gasteiger partial charge on any atom is -0.478 e. The molecule has 2 aromatic rings. The monoisotopic (exact) mass is 287 g/mol. The quantitative estimate of drug-likeness (QED) is 0.908. The Kier molecular flexibility index (Phi) is 3.60. The number of aromatic carboxylic acids is 1. The molecule has 1 aliphatic heterocycles. The summed E-state index contributed by atoms with van der Waals surface area (Å²) >= 11 is 0.